The summed E-state index contributed by atoms with van der Waals surface area (Å²) in [4.78, 5) is 8.28. The number of rotatable bonds is 3. The van der Waals surface area contributed by atoms with E-state index in [-0.39, 0.29) is 0 Å². The normalized spacial score (nSPS) is 11.0. The zero-order valence-corrected chi connectivity index (χ0v) is 8.55. The highest BCUT2D eigenvalue weighted by Crippen LogP contribution is 2.04. The van der Waals surface area contributed by atoms with Crippen LogP contribution >= 0.6 is 0 Å². The quantitative estimate of drug-likeness (QED) is 0.714. The molecule has 0 unspecified atom stereocenters. The standard InChI is InChI=1S/C12H12N2O/c1-10-4-5-12(15-10)9-14-8-11-3-2-6-13-7-11/h2-7,9H,8H2,1H3. The van der Waals surface area contributed by atoms with Crippen molar-refractivity contribution in [3.05, 3.63) is 53.7 Å². The summed E-state index contributed by atoms with van der Waals surface area (Å²) in [5.74, 6) is 1.69. The maximum Gasteiger partial charge on any atom is 0.144 e. The van der Waals surface area contributed by atoms with Crippen LogP contribution in [0.15, 0.2) is 46.1 Å². The molecule has 3 heteroatoms. The van der Waals surface area contributed by atoms with Crippen LogP contribution < -0.4 is 0 Å². The van der Waals surface area contributed by atoms with Crippen LogP contribution in [-0.2, 0) is 6.54 Å². The van der Waals surface area contributed by atoms with Crippen molar-refractivity contribution in [3.8, 4) is 0 Å². The predicted octanol–water partition coefficient (Wildman–Crippen LogP) is 2.60. The molecule has 0 aliphatic carbocycles. The van der Waals surface area contributed by atoms with Gasteiger partial charge in [-0.15, -0.1) is 0 Å². The molecule has 2 rings (SSSR count). The number of hydrogen-bond donors (Lipinski definition) is 0. The Morgan fingerprint density at radius 1 is 1.40 bits per heavy atom. The van der Waals surface area contributed by atoms with E-state index in [4.69, 9.17) is 4.42 Å². The molecule has 76 valence electrons. The topological polar surface area (TPSA) is 38.4 Å². The van der Waals surface area contributed by atoms with Gasteiger partial charge in [-0.3, -0.25) is 9.98 Å². The van der Waals surface area contributed by atoms with E-state index in [0.29, 0.717) is 6.54 Å². The monoisotopic (exact) mass is 200 g/mol. The lowest BCUT2D eigenvalue weighted by atomic mass is 10.3. The fourth-order valence-corrected chi connectivity index (χ4v) is 1.26. The Balaban J connectivity index is 1.96. The third kappa shape index (κ3) is 2.77. The molecule has 0 atom stereocenters. The van der Waals surface area contributed by atoms with Crippen LogP contribution in [0.1, 0.15) is 17.1 Å². The van der Waals surface area contributed by atoms with Crippen LogP contribution in [0.2, 0.25) is 0 Å². The average molecular weight is 200 g/mol. The Kier molecular flexibility index (Phi) is 2.93. The van der Waals surface area contributed by atoms with Gasteiger partial charge in [0.2, 0.25) is 0 Å². The second kappa shape index (κ2) is 4.55. The summed E-state index contributed by atoms with van der Waals surface area (Å²) in [7, 11) is 0. The van der Waals surface area contributed by atoms with Crippen molar-refractivity contribution in [1.82, 2.24) is 4.98 Å². The smallest absolute Gasteiger partial charge is 0.144 e. The van der Waals surface area contributed by atoms with Gasteiger partial charge >= 0.3 is 0 Å². The van der Waals surface area contributed by atoms with Crippen molar-refractivity contribution < 1.29 is 4.42 Å². The van der Waals surface area contributed by atoms with Gasteiger partial charge in [0.15, 0.2) is 0 Å². The van der Waals surface area contributed by atoms with Gasteiger partial charge in [-0.05, 0) is 30.7 Å². The zero-order valence-electron chi connectivity index (χ0n) is 8.55. The van der Waals surface area contributed by atoms with E-state index in [2.05, 4.69) is 9.98 Å². The van der Waals surface area contributed by atoms with E-state index in [1.54, 1.807) is 12.4 Å². The maximum absolute atomic E-state index is 5.36. The molecule has 0 aliphatic rings. The van der Waals surface area contributed by atoms with Crippen LogP contribution in [-0.4, -0.2) is 11.2 Å². The number of pyridine rings is 1. The Labute approximate surface area is 88.5 Å². The second-order valence-electron chi connectivity index (χ2n) is 3.28. The number of nitrogens with zero attached hydrogens (tertiary/aromatic N) is 2. The highest BCUT2D eigenvalue weighted by Gasteiger charge is 1.93. The Morgan fingerprint density at radius 3 is 3.00 bits per heavy atom. The first kappa shape index (κ1) is 9.65. The van der Waals surface area contributed by atoms with Gasteiger partial charge < -0.3 is 4.42 Å². The summed E-state index contributed by atoms with van der Waals surface area (Å²) in [6, 6.07) is 7.73. The number of aromatic nitrogens is 1. The Hall–Kier alpha value is -1.90. The van der Waals surface area contributed by atoms with Gasteiger partial charge in [-0.2, -0.15) is 0 Å². The van der Waals surface area contributed by atoms with Crippen molar-refractivity contribution in [1.29, 1.82) is 0 Å². The van der Waals surface area contributed by atoms with Crippen LogP contribution in [0, 0.1) is 6.92 Å². The van der Waals surface area contributed by atoms with Crippen molar-refractivity contribution in [3.63, 3.8) is 0 Å². The lowest BCUT2D eigenvalue weighted by molar-refractivity contribution is 0.527. The summed E-state index contributed by atoms with van der Waals surface area (Å²) in [5, 5.41) is 0. The van der Waals surface area contributed by atoms with E-state index >= 15 is 0 Å². The molecule has 0 saturated heterocycles. The summed E-state index contributed by atoms with van der Waals surface area (Å²) in [5.41, 5.74) is 1.09. The molecule has 0 spiro atoms. The van der Waals surface area contributed by atoms with Crippen LogP contribution in [0.4, 0.5) is 0 Å². The van der Waals surface area contributed by atoms with Gasteiger partial charge in [-0.1, -0.05) is 6.07 Å². The molecule has 2 aromatic heterocycles. The minimum atomic E-state index is 0.633. The molecular formula is C12H12N2O. The SMILES string of the molecule is Cc1ccc(C=NCc2cccnc2)o1. The molecule has 0 amide bonds. The largest absolute Gasteiger partial charge is 0.460 e. The first-order chi connectivity index (χ1) is 7.34. The van der Waals surface area contributed by atoms with Crippen molar-refractivity contribution in [2.75, 3.05) is 0 Å². The molecule has 0 aliphatic heterocycles. The van der Waals surface area contributed by atoms with Gasteiger partial charge in [0.05, 0.1) is 12.8 Å². The third-order valence-electron chi connectivity index (χ3n) is 1.98. The molecule has 0 bridgehead atoms. The lowest BCUT2D eigenvalue weighted by Gasteiger charge is -1.92. The van der Waals surface area contributed by atoms with Crippen LogP contribution in [0.25, 0.3) is 0 Å². The predicted molar refractivity (Wildman–Crippen MR) is 59.0 cm³/mol. The van der Waals surface area contributed by atoms with E-state index in [1.807, 2.05) is 37.4 Å². The third-order valence-corrected chi connectivity index (χ3v) is 1.98. The summed E-state index contributed by atoms with van der Waals surface area (Å²) in [6.07, 6.45) is 5.30. The second-order valence-corrected chi connectivity index (χ2v) is 3.28. The molecule has 0 fully saturated rings. The maximum atomic E-state index is 5.36. The van der Waals surface area contributed by atoms with Crippen molar-refractivity contribution in [2.45, 2.75) is 13.5 Å². The molecule has 0 N–H and O–H groups in total. The number of aliphatic imine (C=N–C) groups is 1. The fourth-order valence-electron chi connectivity index (χ4n) is 1.26. The van der Waals surface area contributed by atoms with Crippen molar-refractivity contribution >= 4 is 6.21 Å². The highest BCUT2D eigenvalue weighted by atomic mass is 16.3. The summed E-state index contributed by atoms with van der Waals surface area (Å²) < 4.78 is 5.36. The number of aryl methyl sites for hydroxylation is 1. The summed E-state index contributed by atoms with van der Waals surface area (Å²) in [6.45, 7) is 2.55. The van der Waals surface area contributed by atoms with Crippen LogP contribution in [0.3, 0.4) is 0 Å². The Bertz CT molecular complexity index is 446. The van der Waals surface area contributed by atoms with Crippen molar-refractivity contribution in [2.24, 2.45) is 4.99 Å². The number of hydrogen-bond acceptors (Lipinski definition) is 3. The lowest BCUT2D eigenvalue weighted by Crippen LogP contribution is -1.83. The molecule has 0 saturated carbocycles. The molecule has 2 aromatic rings. The first-order valence-corrected chi connectivity index (χ1v) is 4.80. The molecule has 0 aromatic carbocycles. The van der Waals surface area contributed by atoms with Crippen LogP contribution in [0.5, 0.6) is 0 Å². The fraction of sp³-hybridized carbons (Fsp3) is 0.167. The molecule has 3 nitrogen and oxygen atoms in total. The average Bonchev–Trinajstić information content (AvgIpc) is 2.66. The molecular weight excluding hydrogens is 188 g/mol. The van der Waals surface area contributed by atoms with E-state index in [0.717, 1.165) is 17.1 Å². The molecule has 2 heterocycles. The van der Waals surface area contributed by atoms with Gasteiger partial charge in [-0.25, -0.2) is 0 Å². The minimum Gasteiger partial charge on any atom is -0.460 e. The zero-order chi connectivity index (χ0) is 10.5. The van der Waals surface area contributed by atoms with E-state index in [1.165, 1.54) is 0 Å². The van der Waals surface area contributed by atoms with E-state index in [9.17, 15) is 0 Å². The van der Waals surface area contributed by atoms with Gasteiger partial charge in [0.1, 0.15) is 11.5 Å². The molecule has 0 radical (unpaired) electrons. The minimum absolute atomic E-state index is 0.633. The summed E-state index contributed by atoms with van der Waals surface area (Å²) >= 11 is 0. The highest BCUT2D eigenvalue weighted by molar-refractivity contribution is 5.75. The van der Waals surface area contributed by atoms with Gasteiger partial charge in [0, 0.05) is 12.4 Å². The Morgan fingerprint density at radius 2 is 2.33 bits per heavy atom. The molecule has 15 heavy (non-hydrogen) atoms. The number of furan rings is 1. The van der Waals surface area contributed by atoms with E-state index < -0.39 is 0 Å². The first-order valence-electron chi connectivity index (χ1n) is 4.80. The van der Waals surface area contributed by atoms with Gasteiger partial charge in [0.25, 0.3) is 0 Å².